The molecule has 0 unspecified atom stereocenters. The number of carbonyl (C=O) groups is 1. The van der Waals surface area contributed by atoms with Gasteiger partial charge in [0.25, 0.3) is 5.56 Å². The summed E-state index contributed by atoms with van der Waals surface area (Å²) in [5, 5.41) is 0.835. The molecular weight excluding hydrogens is 422 g/mol. The smallest absolute Gasteiger partial charge is 0.273 e. The first-order valence-electron chi connectivity index (χ1n) is 11.5. The van der Waals surface area contributed by atoms with E-state index in [1.165, 1.54) is 23.3 Å². The molecule has 5 rings (SSSR count). The van der Waals surface area contributed by atoms with Gasteiger partial charge in [-0.2, -0.15) is 4.98 Å². The molecule has 168 valence electrons. The van der Waals surface area contributed by atoms with Crippen molar-refractivity contribution in [3.05, 3.63) is 52.1 Å². The minimum absolute atomic E-state index is 0.0459. The predicted molar refractivity (Wildman–Crippen MR) is 127 cm³/mol. The van der Waals surface area contributed by atoms with Gasteiger partial charge < -0.3 is 9.80 Å². The molecule has 32 heavy (non-hydrogen) atoms. The van der Waals surface area contributed by atoms with Crippen LogP contribution in [0.2, 0.25) is 0 Å². The van der Waals surface area contributed by atoms with E-state index in [0.29, 0.717) is 22.8 Å². The minimum atomic E-state index is -0.0459. The quantitative estimate of drug-likeness (QED) is 0.608. The number of carbonyl (C=O) groups excluding carboxylic acids is 1. The standard InChI is InChI=1S/C24H29N5O2S/c1-17-6-5-7-18(14-17)15-29-16-25-21-20(23(29)31)32-24(26-21)28-12-8-19(9-13-28)22(30)27-10-3-2-4-11-27/h5-7,14,16,19H,2-4,8-13,15H2,1H3. The number of likely N-dealkylation sites (tertiary alicyclic amines) is 1. The lowest BCUT2D eigenvalue weighted by Gasteiger charge is -2.35. The number of anilines is 1. The zero-order valence-electron chi connectivity index (χ0n) is 18.5. The summed E-state index contributed by atoms with van der Waals surface area (Å²) in [5.41, 5.74) is 2.72. The predicted octanol–water partition coefficient (Wildman–Crippen LogP) is 3.44. The average Bonchev–Trinajstić information content (AvgIpc) is 3.26. The highest BCUT2D eigenvalue weighted by Gasteiger charge is 2.30. The molecule has 0 aliphatic carbocycles. The molecule has 1 amide bonds. The number of fused-ring (bicyclic) bond motifs is 1. The lowest BCUT2D eigenvalue weighted by Crippen LogP contribution is -2.44. The summed E-state index contributed by atoms with van der Waals surface area (Å²) in [5.74, 6) is 0.442. The molecule has 0 bridgehead atoms. The Labute approximate surface area is 191 Å². The monoisotopic (exact) mass is 451 g/mol. The molecule has 2 fully saturated rings. The molecule has 3 aromatic rings. The molecule has 0 spiro atoms. The molecule has 2 saturated heterocycles. The van der Waals surface area contributed by atoms with E-state index in [4.69, 9.17) is 0 Å². The molecular formula is C24H29N5O2S. The van der Waals surface area contributed by atoms with Crippen LogP contribution in [0.3, 0.4) is 0 Å². The zero-order chi connectivity index (χ0) is 22.1. The van der Waals surface area contributed by atoms with Crippen molar-refractivity contribution in [2.75, 3.05) is 31.1 Å². The molecule has 1 aromatic carbocycles. The van der Waals surface area contributed by atoms with Crippen LogP contribution in [0.1, 0.15) is 43.2 Å². The van der Waals surface area contributed by atoms with E-state index >= 15 is 0 Å². The van der Waals surface area contributed by atoms with Gasteiger partial charge in [0.1, 0.15) is 11.0 Å². The maximum atomic E-state index is 13.1. The van der Waals surface area contributed by atoms with Gasteiger partial charge >= 0.3 is 0 Å². The summed E-state index contributed by atoms with van der Waals surface area (Å²) < 4.78 is 2.25. The Balaban J connectivity index is 1.29. The summed E-state index contributed by atoms with van der Waals surface area (Å²) in [6.07, 6.45) is 6.78. The van der Waals surface area contributed by atoms with Crippen LogP contribution in [0.15, 0.2) is 35.4 Å². The molecule has 0 atom stereocenters. The number of thiazole rings is 1. The molecule has 8 heteroatoms. The summed E-state index contributed by atoms with van der Waals surface area (Å²) in [6.45, 7) is 5.96. The van der Waals surface area contributed by atoms with Crippen molar-refractivity contribution in [2.24, 2.45) is 5.92 Å². The molecule has 0 saturated carbocycles. The fourth-order valence-corrected chi connectivity index (χ4v) is 5.80. The molecule has 2 aliphatic rings. The van der Waals surface area contributed by atoms with Gasteiger partial charge in [-0.15, -0.1) is 0 Å². The average molecular weight is 452 g/mol. The Bertz CT molecular complexity index is 1170. The lowest BCUT2D eigenvalue weighted by molar-refractivity contribution is -0.137. The Morgan fingerprint density at radius 2 is 1.91 bits per heavy atom. The van der Waals surface area contributed by atoms with Crippen molar-refractivity contribution in [3.8, 4) is 0 Å². The van der Waals surface area contributed by atoms with Crippen LogP contribution >= 0.6 is 11.3 Å². The number of nitrogens with zero attached hydrogens (tertiary/aromatic N) is 5. The number of piperidine rings is 2. The van der Waals surface area contributed by atoms with Crippen molar-refractivity contribution < 1.29 is 4.79 Å². The summed E-state index contributed by atoms with van der Waals surface area (Å²) in [4.78, 5) is 39.2. The van der Waals surface area contributed by atoms with Crippen molar-refractivity contribution in [1.82, 2.24) is 19.4 Å². The zero-order valence-corrected chi connectivity index (χ0v) is 19.3. The van der Waals surface area contributed by atoms with E-state index in [-0.39, 0.29) is 11.5 Å². The van der Waals surface area contributed by atoms with Crippen LogP contribution in [0.5, 0.6) is 0 Å². The van der Waals surface area contributed by atoms with Crippen molar-refractivity contribution in [3.63, 3.8) is 0 Å². The van der Waals surface area contributed by atoms with Crippen LogP contribution in [0.4, 0.5) is 5.13 Å². The van der Waals surface area contributed by atoms with Crippen LogP contribution in [-0.4, -0.2) is 51.5 Å². The van der Waals surface area contributed by atoms with Gasteiger partial charge in [0.15, 0.2) is 10.8 Å². The van der Waals surface area contributed by atoms with Crippen LogP contribution in [0.25, 0.3) is 10.3 Å². The summed E-state index contributed by atoms with van der Waals surface area (Å²) >= 11 is 1.42. The minimum Gasteiger partial charge on any atom is -0.348 e. The van der Waals surface area contributed by atoms with Crippen molar-refractivity contribution >= 4 is 32.7 Å². The first kappa shape index (κ1) is 21.1. The fourth-order valence-electron chi connectivity index (χ4n) is 4.78. The van der Waals surface area contributed by atoms with E-state index in [0.717, 1.165) is 62.6 Å². The molecule has 2 aromatic heterocycles. The third-order valence-electron chi connectivity index (χ3n) is 6.59. The SMILES string of the molecule is Cc1cccc(Cn2cnc3nc(N4CCC(C(=O)N5CCCCC5)CC4)sc3c2=O)c1. The van der Waals surface area contributed by atoms with Crippen LogP contribution in [0, 0.1) is 12.8 Å². The van der Waals surface area contributed by atoms with Gasteiger partial charge in [0, 0.05) is 32.1 Å². The number of aromatic nitrogens is 3. The van der Waals surface area contributed by atoms with Crippen LogP contribution in [-0.2, 0) is 11.3 Å². The van der Waals surface area contributed by atoms with Crippen molar-refractivity contribution in [1.29, 1.82) is 0 Å². The highest BCUT2D eigenvalue weighted by Crippen LogP contribution is 2.30. The largest absolute Gasteiger partial charge is 0.348 e. The second kappa shape index (κ2) is 9.02. The maximum absolute atomic E-state index is 13.1. The lowest BCUT2D eigenvalue weighted by atomic mass is 9.94. The van der Waals surface area contributed by atoms with Crippen LogP contribution < -0.4 is 10.5 Å². The first-order chi connectivity index (χ1) is 15.6. The van der Waals surface area contributed by atoms with E-state index in [2.05, 4.69) is 25.8 Å². The highest BCUT2D eigenvalue weighted by atomic mass is 32.1. The van der Waals surface area contributed by atoms with Gasteiger partial charge in [-0.1, -0.05) is 41.2 Å². The topological polar surface area (TPSA) is 71.3 Å². The number of aryl methyl sites for hydroxylation is 1. The second-order valence-electron chi connectivity index (χ2n) is 8.96. The van der Waals surface area contributed by atoms with Crippen molar-refractivity contribution in [2.45, 2.75) is 45.6 Å². The van der Waals surface area contributed by atoms with Gasteiger partial charge in [0.05, 0.1) is 6.54 Å². The van der Waals surface area contributed by atoms with E-state index in [9.17, 15) is 9.59 Å². The highest BCUT2D eigenvalue weighted by molar-refractivity contribution is 7.22. The summed E-state index contributed by atoms with van der Waals surface area (Å²) in [7, 11) is 0. The maximum Gasteiger partial charge on any atom is 0.273 e. The van der Waals surface area contributed by atoms with Gasteiger partial charge in [0.2, 0.25) is 5.91 Å². The number of rotatable bonds is 4. The number of amides is 1. The van der Waals surface area contributed by atoms with Gasteiger partial charge in [-0.3, -0.25) is 14.2 Å². The number of benzene rings is 1. The van der Waals surface area contributed by atoms with Gasteiger partial charge in [-0.25, -0.2) is 4.98 Å². The van der Waals surface area contributed by atoms with Gasteiger partial charge in [-0.05, 0) is 44.6 Å². The first-order valence-corrected chi connectivity index (χ1v) is 12.4. The van der Waals surface area contributed by atoms with E-state index in [1.807, 2.05) is 25.1 Å². The number of hydrogen-bond acceptors (Lipinski definition) is 6. The third-order valence-corrected chi connectivity index (χ3v) is 7.68. The Morgan fingerprint density at radius 1 is 1.12 bits per heavy atom. The summed E-state index contributed by atoms with van der Waals surface area (Å²) in [6, 6.07) is 8.17. The molecule has 0 radical (unpaired) electrons. The Kier molecular flexibility index (Phi) is 5.95. The molecule has 4 heterocycles. The molecule has 7 nitrogen and oxygen atoms in total. The second-order valence-corrected chi connectivity index (χ2v) is 9.94. The number of hydrogen-bond donors (Lipinski definition) is 0. The fraction of sp³-hybridized carbons (Fsp3) is 0.500. The van der Waals surface area contributed by atoms with E-state index < -0.39 is 0 Å². The normalized spacial score (nSPS) is 17.8. The molecule has 0 N–H and O–H groups in total. The van der Waals surface area contributed by atoms with E-state index in [1.54, 1.807) is 10.9 Å². The molecule has 2 aliphatic heterocycles. The Morgan fingerprint density at radius 3 is 2.66 bits per heavy atom. The Hall–Kier alpha value is -2.74. The third kappa shape index (κ3) is 4.28.